The highest BCUT2D eigenvalue weighted by Crippen LogP contribution is 2.19. The number of rotatable bonds is 1. The Hall–Kier alpha value is -0.0800. The summed E-state index contributed by atoms with van der Waals surface area (Å²) in [5.41, 5.74) is 5.72. The number of hydrogen-bond acceptors (Lipinski definition) is 2. The van der Waals surface area contributed by atoms with Gasteiger partial charge in [-0.25, -0.2) is 0 Å². The van der Waals surface area contributed by atoms with Crippen molar-refractivity contribution >= 4 is 0 Å². The largest absolute Gasteiger partial charge is 0.374 e. The van der Waals surface area contributed by atoms with Crippen LogP contribution in [0.4, 0.5) is 0 Å². The third-order valence-electron chi connectivity index (χ3n) is 2.00. The van der Waals surface area contributed by atoms with Crippen molar-refractivity contribution in [2.45, 2.75) is 44.9 Å². The summed E-state index contributed by atoms with van der Waals surface area (Å²) in [6.07, 6.45) is 2.83. The molecular weight excluding hydrogens is 114 g/mol. The van der Waals surface area contributed by atoms with Gasteiger partial charge in [0.1, 0.15) is 0 Å². The Kier molecular flexibility index (Phi) is 2.09. The predicted octanol–water partition coefficient (Wildman–Crippen LogP) is 0.901. The molecule has 0 aliphatic carbocycles. The fraction of sp³-hybridized carbons (Fsp3) is 1.00. The zero-order valence-electron chi connectivity index (χ0n) is 6.13. The van der Waals surface area contributed by atoms with E-state index in [1.807, 2.05) is 6.92 Å². The molecule has 3 atom stereocenters. The highest BCUT2D eigenvalue weighted by molar-refractivity contribution is 4.81. The van der Waals surface area contributed by atoms with Gasteiger partial charge < -0.3 is 10.5 Å². The van der Waals surface area contributed by atoms with Crippen LogP contribution in [0.2, 0.25) is 0 Å². The molecule has 1 aliphatic rings. The van der Waals surface area contributed by atoms with Crippen LogP contribution in [-0.2, 0) is 4.74 Å². The molecule has 0 spiro atoms. The first-order valence-corrected chi connectivity index (χ1v) is 3.65. The van der Waals surface area contributed by atoms with Gasteiger partial charge in [0, 0.05) is 6.04 Å². The van der Waals surface area contributed by atoms with Crippen molar-refractivity contribution in [2.75, 3.05) is 0 Å². The summed E-state index contributed by atoms with van der Waals surface area (Å²) in [5, 5.41) is 0. The molecule has 1 rings (SSSR count). The first-order valence-electron chi connectivity index (χ1n) is 3.65. The zero-order chi connectivity index (χ0) is 6.85. The van der Waals surface area contributed by atoms with Crippen molar-refractivity contribution in [3.05, 3.63) is 0 Å². The Morgan fingerprint density at radius 2 is 2.33 bits per heavy atom. The molecule has 0 bridgehead atoms. The molecule has 54 valence electrons. The van der Waals surface area contributed by atoms with Crippen molar-refractivity contribution in [1.82, 2.24) is 0 Å². The molecular formula is C7H15NO. The van der Waals surface area contributed by atoms with E-state index in [1.54, 1.807) is 0 Å². The maximum atomic E-state index is 5.72. The molecule has 2 heteroatoms. The van der Waals surface area contributed by atoms with Gasteiger partial charge in [0.25, 0.3) is 0 Å². The summed E-state index contributed by atoms with van der Waals surface area (Å²) in [7, 11) is 0. The molecule has 2 N–H and O–H groups in total. The van der Waals surface area contributed by atoms with Crippen molar-refractivity contribution in [3.8, 4) is 0 Å². The summed E-state index contributed by atoms with van der Waals surface area (Å²) >= 11 is 0. The van der Waals surface area contributed by atoms with Crippen LogP contribution in [0, 0.1) is 0 Å². The second-order valence-electron chi connectivity index (χ2n) is 2.77. The zero-order valence-corrected chi connectivity index (χ0v) is 6.13. The van der Waals surface area contributed by atoms with Crippen LogP contribution in [0.3, 0.4) is 0 Å². The third kappa shape index (κ3) is 1.43. The molecule has 1 heterocycles. The van der Waals surface area contributed by atoms with E-state index in [0.717, 1.165) is 12.8 Å². The molecule has 1 saturated heterocycles. The first-order chi connectivity index (χ1) is 4.24. The average Bonchev–Trinajstić information content (AvgIpc) is 2.13. The minimum absolute atomic E-state index is 0.273. The van der Waals surface area contributed by atoms with Crippen molar-refractivity contribution in [1.29, 1.82) is 0 Å². The van der Waals surface area contributed by atoms with Crippen LogP contribution in [0.25, 0.3) is 0 Å². The molecule has 2 nitrogen and oxygen atoms in total. The van der Waals surface area contributed by atoms with Gasteiger partial charge in [0.15, 0.2) is 0 Å². The molecule has 0 aromatic rings. The van der Waals surface area contributed by atoms with E-state index in [0.29, 0.717) is 6.10 Å². The van der Waals surface area contributed by atoms with E-state index in [1.165, 1.54) is 0 Å². The maximum Gasteiger partial charge on any atom is 0.0702 e. The quantitative estimate of drug-likeness (QED) is 0.571. The minimum atomic E-state index is 0.273. The van der Waals surface area contributed by atoms with Crippen molar-refractivity contribution in [3.63, 3.8) is 0 Å². The van der Waals surface area contributed by atoms with Gasteiger partial charge in [-0.3, -0.25) is 0 Å². The summed E-state index contributed by atoms with van der Waals surface area (Å²) in [5.74, 6) is 0. The van der Waals surface area contributed by atoms with Gasteiger partial charge in [0.2, 0.25) is 0 Å². The van der Waals surface area contributed by atoms with Crippen LogP contribution < -0.4 is 5.73 Å². The smallest absolute Gasteiger partial charge is 0.0702 e. The first kappa shape index (κ1) is 7.03. The van der Waals surface area contributed by atoms with E-state index in [-0.39, 0.29) is 12.1 Å². The summed E-state index contributed by atoms with van der Waals surface area (Å²) in [4.78, 5) is 0. The van der Waals surface area contributed by atoms with Gasteiger partial charge in [-0.15, -0.1) is 0 Å². The Morgan fingerprint density at radius 3 is 2.56 bits per heavy atom. The van der Waals surface area contributed by atoms with Crippen LogP contribution in [-0.4, -0.2) is 18.2 Å². The monoisotopic (exact) mass is 129 g/mol. The lowest BCUT2D eigenvalue weighted by Gasteiger charge is -2.06. The van der Waals surface area contributed by atoms with E-state index < -0.39 is 0 Å². The van der Waals surface area contributed by atoms with Crippen LogP contribution in [0.5, 0.6) is 0 Å². The molecule has 9 heavy (non-hydrogen) atoms. The normalized spacial score (nSPS) is 43.7. The number of nitrogens with two attached hydrogens (primary N) is 1. The van der Waals surface area contributed by atoms with Crippen LogP contribution in [0.15, 0.2) is 0 Å². The minimum Gasteiger partial charge on any atom is -0.374 e. The lowest BCUT2D eigenvalue weighted by atomic mass is 10.1. The highest BCUT2D eigenvalue weighted by Gasteiger charge is 2.27. The second-order valence-corrected chi connectivity index (χ2v) is 2.77. The van der Waals surface area contributed by atoms with Crippen LogP contribution in [0.1, 0.15) is 26.7 Å². The average molecular weight is 129 g/mol. The fourth-order valence-corrected chi connectivity index (χ4v) is 1.22. The molecule has 1 fully saturated rings. The summed E-state index contributed by atoms with van der Waals surface area (Å²) in [6, 6.07) is 0.273. The van der Waals surface area contributed by atoms with Crippen molar-refractivity contribution in [2.24, 2.45) is 5.73 Å². The maximum absolute atomic E-state index is 5.72. The Labute approximate surface area is 56.4 Å². The predicted molar refractivity (Wildman–Crippen MR) is 37.2 cm³/mol. The molecule has 1 aliphatic heterocycles. The van der Waals surface area contributed by atoms with Crippen molar-refractivity contribution < 1.29 is 4.74 Å². The van der Waals surface area contributed by atoms with Gasteiger partial charge >= 0.3 is 0 Å². The molecule has 0 amide bonds. The second kappa shape index (κ2) is 2.67. The molecule has 0 aromatic carbocycles. The lowest BCUT2D eigenvalue weighted by Crippen LogP contribution is -2.26. The van der Waals surface area contributed by atoms with Crippen LogP contribution >= 0.6 is 0 Å². The standard InChI is InChI=1S/C7H15NO/c1-3-6-4-7(8)5(2)9-6/h5-7H,3-4,8H2,1-2H3. The number of ether oxygens (including phenoxy) is 1. The Morgan fingerprint density at radius 1 is 1.67 bits per heavy atom. The lowest BCUT2D eigenvalue weighted by molar-refractivity contribution is 0.0509. The summed E-state index contributed by atoms with van der Waals surface area (Å²) < 4.78 is 5.50. The van der Waals surface area contributed by atoms with E-state index >= 15 is 0 Å². The highest BCUT2D eigenvalue weighted by atomic mass is 16.5. The fourth-order valence-electron chi connectivity index (χ4n) is 1.22. The van der Waals surface area contributed by atoms with Gasteiger partial charge in [-0.2, -0.15) is 0 Å². The third-order valence-corrected chi connectivity index (χ3v) is 2.00. The molecule has 0 radical (unpaired) electrons. The molecule has 3 unspecified atom stereocenters. The number of hydrogen-bond donors (Lipinski definition) is 1. The topological polar surface area (TPSA) is 35.2 Å². The Bertz CT molecular complexity index is 84.9. The SMILES string of the molecule is CCC1CC(N)C(C)O1. The molecule has 0 saturated carbocycles. The van der Waals surface area contributed by atoms with Gasteiger partial charge in [-0.05, 0) is 19.8 Å². The molecule has 0 aromatic heterocycles. The van der Waals surface area contributed by atoms with E-state index in [2.05, 4.69) is 6.92 Å². The van der Waals surface area contributed by atoms with Gasteiger partial charge in [0.05, 0.1) is 12.2 Å². The van der Waals surface area contributed by atoms with E-state index in [9.17, 15) is 0 Å². The Balaban J connectivity index is 2.35. The van der Waals surface area contributed by atoms with E-state index in [4.69, 9.17) is 10.5 Å². The van der Waals surface area contributed by atoms with Gasteiger partial charge in [-0.1, -0.05) is 6.92 Å². The summed E-state index contributed by atoms with van der Waals surface area (Å²) in [6.45, 7) is 4.18.